The fraction of sp³-hybridized carbons (Fsp3) is 0.412. The van der Waals surface area contributed by atoms with Gasteiger partial charge in [0.15, 0.2) is 0 Å². The molecule has 0 spiro atoms. The Bertz CT molecular complexity index is 550. The molecule has 0 radical (unpaired) electrons. The molecule has 3 nitrogen and oxygen atoms in total. The first-order chi connectivity index (χ1) is 10.1. The average molecular weight is 351 g/mol. The first kappa shape index (κ1) is 16.3. The van der Waals surface area contributed by atoms with Crippen molar-refractivity contribution in [3.05, 3.63) is 58.0 Å². The van der Waals surface area contributed by atoms with E-state index in [4.69, 9.17) is 4.42 Å². The molecule has 4 heteroatoms. The van der Waals surface area contributed by atoms with Crippen molar-refractivity contribution in [1.29, 1.82) is 0 Å². The minimum Gasteiger partial charge on any atom is -0.465 e. The molecule has 21 heavy (non-hydrogen) atoms. The van der Waals surface area contributed by atoms with Crippen LogP contribution in [0.15, 0.2) is 45.3 Å². The Hall–Kier alpha value is -1.10. The summed E-state index contributed by atoms with van der Waals surface area (Å²) < 4.78 is 6.74. The maximum atomic E-state index is 5.62. The summed E-state index contributed by atoms with van der Waals surface area (Å²) in [5.74, 6) is 2.00. The van der Waals surface area contributed by atoms with Gasteiger partial charge in [0.05, 0.1) is 6.54 Å². The number of nitrogens with one attached hydrogen (secondary N) is 1. The minimum atomic E-state index is 0.374. The summed E-state index contributed by atoms with van der Waals surface area (Å²) in [6.45, 7) is 3.85. The quantitative estimate of drug-likeness (QED) is 0.813. The molecule has 1 aromatic heterocycles. The summed E-state index contributed by atoms with van der Waals surface area (Å²) in [4.78, 5) is 2.29. The van der Waals surface area contributed by atoms with Crippen molar-refractivity contribution in [3.63, 3.8) is 0 Å². The van der Waals surface area contributed by atoms with Crippen LogP contribution in [-0.4, -0.2) is 25.5 Å². The molecule has 0 aliphatic heterocycles. The van der Waals surface area contributed by atoms with Crippen LogP contribution in [-0.2, 0) is 6.54 Å². The zero-order valence-corrected chi connectivity index (χ0v) is 14.5. The van der Waals surface area contributed by atoms with Crippen molar-refractivity contribution in [2.24, 2.45) is 0 Å². The molecule has 2 aromatic rings. The molecule has 0 fully saturated rings. The van der Waals surface area contributed by atoms with E-state index >= 15 is 0 Å². The van der Waals surface area contributed by atoms with Crippen molar-refractivity contribution in [1.82, 2.24) is 10.2 Å². The normalized spacial score (nSPS) is 12.8. The number of rotatable bonds is 7. The second-order valence-electron chi connectivity index (χ2n) is 5.43. The highest BCUT2D eigenvalue weighted by molar-refractivity contribution is 9.10. The summed E-state index contributed by atoms with van der Waals surface area (Å²) in [5, 5.41) is 3.40. The molecule has 1 atom stereocenters. The van der Waals surface area contributed by atoms with Gasteiger partial charge in [0, 0.05) is 17.1 Å². The number of halogens is 1. The van der Waals surface area contributed by atoms with E-state index < -0.39 is 0 Å². The van der Waals surface area contributed by atoms with E-state index in [0.717, 1.165) is 35.5 Å². The highest BCUT2D eigenvalue weighted by atomic mass is 79.9. The molecule has 0 saturated carbocycles. The zero-order chi connectivity index (χ0) is 15.2. The second kappa shape index (κ2) is 7.78. The fourth-order valence-corrected chi connectivity index (χ4v) is 2.70. The molecule has 0 bridgehead atoms. The number of nitrogens with zero attached hydrogens (tertiary/aromatic N) is 1. The third kappa shape index (κ3) is 4.99. The van der Waals surface area contributed by atoms with Gasteiger partial charge in [-0.25, -0.2) is 0 Å². The monoisotopic (exact) mass is 350 g/mol. The van der Waals surface area contributed by atoms with E-state index in [-0.39, 0.29) is 0 Å². The summed E-state index contributed by atoms with van der Waals surface area (Å²) in [6.07, 6.45) is 1.06. The van der Waals surface area contributed by atoms with Gasteiger partial charge in [-0.2, -0.15) is 0 Å². The van der Waals surface area contributed by atoms with Gasteiger partial charge < -0.3 is 9.73 Å². The minimum absolute atomic E-state index is 0.374. The Kier molecular flexibility index (Phi) is 6.03. The van der Waals surface area contributed by atoms with E-state index in [0.29, 0.717) is 6.04 Å². The number of furan rings is 1. The lowest BCUT2D eigenvalue weighted by Crippen LogP contribution is -2.25. The Morgan fingerprint density at radius 1 is 1.19 bits per heavy atom. The first-order valence-corrected chi connectivity index (χ1v) is 8.04. The van der Waals surface area contributed by atoms with Crippen LogP contribution in [0.1, 0.15) is 29.5 Å². The van der Waals surface area contributed by atoms with Gasteiger partial charge in [-0.15, -0.1) is 0 Å². The third-order valence-electron chi connectivity index (χ3n) is 3.64. The molecule has 114 valence electrons. The lowest BCUT2D eigenvalue weighted by Gasteiger charge is -2.21. The molecular weight excluding hydrogens is 328 g/mol. The molecule has 0 amide bonds. The Morgan fingerprint density at radius 3 is 2.48 bits per heavy atom. The summed E-state index contributed by atoms with van der Waals surface area (Å²) >= 11 is 3.48. The predicted molar refractivity (Wildman–Crippen MR) is 90.3 cm³/mol. The van der Waals surface area contributed by atoms with Crippen LogP contribution in [0.5, 0.6) is 0 Å². The van der Waals surface area contributed by atoms with E-state index in [2.05, 4.69) is 63.5 Å². The summed E-state index contributed by atoms with van der Waals surface area (Å²) in [7, 11) is 4.15. The second-order valence-corrected chi connectivity index (χ2v) is 6.35. The van der Waals surface area contributed by atoms with Gasteiger partial charge in [-0.1, -0.05) is 28.1 Å². The Labute approximate surface area is 135 Å². The lowest BCUT2D eigenvalue weighted by atomic mass is 10.0. The molecule has 0 aliphatic rings. The summed E-state index contributed by atoms with van der Waals surface area (Å²) in [5.41, 5.74) is 1.32. The standard InChI is InChI=1S/C17H23BrN2O/c1-13-4-9-16(21-13)12-20(3)11-10-17(19-2)14-5-7-15(18)8-6-14/h4-9,17,19H,10-12H2,1-3H3. The van der Waals surface area contributed by atoms with Gasteiger partial charge in [-0.3, -0.25) is 4.90 Å². The van der Waals surface area contributed by atoms with Crippen LogP contribution in [0.3, 0.4) is 0 Å². The molecule has 1 unspecified atom stereocenters. The van der Waals surface area contributed by atoms with Gasteiger partial charge in [0.25, 0.3) is 0 Å². The van der Waals surface area contributed by atoms with Crippen LogP contribution < -0.4 is 5.32 Å². The number of aryl methyl sites for hydroxylation is 1. The van der Waals surface area contributed by atoms with E-state index in [9.17, 15) is 0 Å². The van der Waals surface area contributed by atoms with Crippen LogP contribution in [0.4, 0.5) is 0 Å². The molecule has 1 aromatic carbocycles. The van der Waals surface area contributed by atoms with Crippen LogP contribution in [0.2, 0.25) is 0 Å². The van der Waals surface area contributed by atoms with Crippen LogP contribution in [0, 0.1) is 6.92 Å². The van der Waals surface area contributed by atoms with Crippen molar-refractivity contribution in [3.8, 4) is 0 Å². The molecule has 2 rings (SSSR count). The molecule has 0 saturated heterocycles. The van der Waals surface area contributed by atoms with E-state index in [1.165, 1.54) is 5.56 Å². The van der Waals surface area contributed by atoms with Gasteiger partial charge in [0.2, 0.25) is 0 Å². The first-order valence-electron chi connectivity index (χ1n) is 7.25. The lowest BCUT2D eigenvalue weighted by molar-refractivity contribution is 0.276. The van der Waals surface area contributed by atoms with Crippen LogP contribution >= 0.6 is 15.9 Å². The fourth-order valence-electron chi connectivity index (χ4n) is 2.44. The third-order valence-corrected chi connectivity index (χ3v) is 4.17. The smallest absolute Gasteiger partial charge is 0.118 e. The van der Waals surface area contributed by atoms with Crippen molar-refractivity contribution < 1.29 is 4.42 Å². The predicted octanol–water partition coefficient (Wildman–Crippen LogP) is 4.13. The van der Waals surface area contributed by atoms with Crippen molar-refractivity contribution >= 4 is 15.9 Å². The Balaban J connectivity index is 1.86. The van der Waals surface area contributed by atoms with E-state index in [1.54, 1.807) is 0 Å². The Morgan fingerprint density at radius 2 is 1.90 bits per heavy atom. The maximum Gasteiger partial charge on any atom is 0.118 e. The topological polar surface area (TPSA) is 28.4 Å². The number of benzene rings is 1. The average Bonchev–Trinajstić information content (AvgIpc) is 2.86. The highest BCUT2D eigenvalue weighted by Gasteiger charge is 2.11. The van der Waals surface area contributed by atoms with Gasteiger partial charge in [0.1, 0.15) is 11.5 Å². The highest BCUT2D eigenvalue weighted by Crippen LogP contribution is 2.20. The van der Waals surface area contributed by atoms with Gasteiger partial charge >= 0.3 is 0 Å². The molecule has 1 heterocycles. The van der Waals surface area contributed by atoms with Crippen molar-refractivity contribution in [2.75, 3.05) is 20.6 Å². The number of hydrogen-bond donors (Lipinski definition) is 1. The molecular formula is C17H23BrN2O. The van der Waals surface area contributed by atoms with Crippen LogP contribution in [0.25, 0.3) is 0 Å². The van der Waals surface area contributed by atoms with Gasteiger partial charge in [-0.05, 0) is 57.3 Å². The van der Waals surface area contributed by atoms with E-state index in [1.807, 2.05) is 20.0 Å². The SMILES string of the molecule is CNC(CCN(C)Cc1ccc(C)o1)c1ccc(Br)cc1. The molecule has 0 aliphatic carbocycles. The number of hydrogen-bond acceptors (Lipinski definition) is 3. The largest absolute Gasteiger partial charge is 0.465 e. The summed E-state index contributed by atoms with van der Waals surface area (Å²) in [6, 6.07) is 13.0. The van der Waals surface area contributed by atoms with Crippen molar-refractivity contribution in [2.45, 2.75) is 25.9 Å². The zero-order valence-electron chi connectivity index (χ0n) is 12.9. The maximum absolute atomic E-state index is 5.62. The molecule has 1 N–H and O–H groups in total.